The van der Waals surface area contributed by atoms with Gasteiger partial charge in [0.1, 0.15) is 0 Å². The van der Waals surface area contributed by atoms with E-state index in [0.29, 0.717) is 17.9 Å². The van der Waals surface area contributed by atoms with Crippen LogP contribution in [-0.2, 0) is 11.3 Å². The van der Waals surface area contributed by atoms with E-state index < -0.39 is 0 Å². The Hall–Kier alpha value is -1.05. The number of H-pyrrole nitrogens is 1. The number of aryl methyl sites for hydroxylation is 1. The normalized spacial score (nSPS) is 10.9. The molecule has 0 amide bonds. The molecule has 2 aromatic heterocycles. The molecule has 0 saturated heterocycles. The van der Waals surface area contributed by atoms with Gasteiger partial charge in [-0.25, -0.2) is 4.98 Å². The Morgan fingerprint density at radius 2 is 2.44 bits per heavy atom. The molecule has 5 nitrogen and oxygen atoms in total. The number of hydrogen-bond donors (Lipinski definition) is 1. The average Bonchev–Trinajstić information content (AvgIpc) is 2.82. The summed E-state index contributed by atoms with van der Waals surface area (Å²) in [6.07, 6.45) is 0. The molecule has 2 rings (SSSR count). The number of rotatable bonds is 4. The minimum atomic E-state index is 0.610. The van der Waals surface area contributed by atoms with Gasteiger partial charge in [0, 0.05) is 7.11 Å². The third-order valence-corrected chi connectivity index (χ3v) is 3.46. The van der Waals surface area contributed by atoms with Crippen molar-refractivity contribution in [2.24, 2.45) is 0 Å². The fraction of sp³-hybridized carbons (Fsp3) is 0.444. The molecule has 0 spiro atoms. The lowest BCUT2D eigenvalue weighted by Gasteiger charge is -2.04. The molecule has 0 aliphatic rings. The third kappa shape index (κ3) is 2.06. The minimum Gasteiger partial charge on any atom is -0.383 e. The Kier molecular flexibility index (Phi) is 3.47. The van der Waals surface area contributed by atoms with Crippen LogP contribution < -0.4 is 0 Å². The van der Waals surface area contributed by atoms with Gasteiger partial charge in [-0.2, -0.15) is 5.10 Å². The Labute approximate surface area is 102 Å². The van der Waals surface area contributed by atoms with Crippen molar-refractivity contribution in [2.45, 2.75) is 13.5 Å². The molecule has 86 valence electrons. The molecule has 2 aromatic rings. The van der Waals surface area contributed by atoms with Crippen LogP contribution in [0.1, 0.15) is 5.69 Å². The zero-order valence-corrected chi connectivity index (χ0v) is 10.7. The third-order valence-electron chi connectivity index (χ3n) is 2.23. The van der Waals surface area contributed by atoms with Gasteiger partial charge in [-0.1, -0.05) is 0 Å². The number of ether oxygens (including phenoxy) is 1. The molecule has 7 heteroatoms. The second-order valence-corrected chi connectivity index (χ2v) is 4.51. The van der Waals surface area contributed by atoms with Crippen LogP contribution in [0, 0.1) is 11.7 Å². The number of nitrogens with zero attached hydrogens (tertiary/aromatic N) is 3. The Morgan fingerprint density at radius 1 is 1.62 bits per heavy atom. The van der Waals surface area contributed by atoms with E-state index in [9.17, 15) is 0 Å². The van der Waals surface area contributed by atoms with E-state index in [1.165, 1.54) is 0 Å². The molecule has 0 saturated carbocycles. The van der Waals surface area contributed by atoms with Crippen molar-refractivity contribution in [2.75, 3.05) is 13.7 Å². The van der Waals surface area contributed by atoms with Crippen molar-refractivity contribution in [1.29, 1.82) is 0 Å². The fourth-order valence-electron chi connectivity index (χ4n) is 1.40. The summed E-state index contributed by atoms with van der Waals surface area (Å²) < 4.78 is 7.59. The van der Waals surface area contributed by atoms with Crippen molar-refractivity contribution >= 4 is 23.6 Å². The van der Waals surface area contributed by atoms with Crippen molar-refractivity contribution < 1.29 is 4.74 Å². The summed E-state index contributed by atoms with van der Waals surface area (Å²) in [4.78, 5) is 5.25. The van der Waals surface area contributed by atoms with Crippen LogP contribution in [0.2, 0.25) is 0 Å². The number of nitrogens with one attached hydrogen (secondary N) is 1. The van der Waals surface area contributed by atoms with Crippen LogP contribution in [0.3, 0.4) is 0 Å². The number of methoxy groups -OCH3 is 1. The number of aromatic nitrogens is 4. The van der Waals surface area contributed by atoms with Gasteiger partial charge >= 0.3 is 0 Å². The van der Waals surface area contributed by atoms with Crippen LogP contribution in [-0.4, -0.2) is 33.5 Å². The number of thiazole rings is 1. The maximum atomic E-state index is 5.18. The fourth-order valence-corrected chi connectivity index (χ4v) is 2.42. The molecule has 0 bridgehead atoms. The smallest absolute Gasteiger partial charge is 0.195 e. The molecule has 0 aromatic carbocycles. The molecule has 0 unspecified atom stereocenters. The maximum absolute atomic E-state index is 5.18. The average molecular weight is 256 g/mol. The summed E-state index contributed by atoms with van der Waals surface area (Å²) in [6.45, 7) is 3.27. The van der Waals surface area contributed by atoms with Crippen LogP contribution in [0.5, 0.6) is 0 Å². The number of hydrogen-bond acceptors (Lipinski definition) is 5. The lowest BCUT2D eigenvalue weighted by Crippen LogP contribution is -2.06. The largest absolute Gasteiger partial charge is 0.383 e. The highest BCUT2D eigenvalue weighted by molar-refractivity contribution is 7.71. The summed E-state index contributed by atoms with van der Waals surface area (Å²) in [7, 11) is 1.67. The molecule has 0 aliphatic heterocycles. The summed E-state index contributed by atoms with van der Waals surface area (Å²) in [5.41, 5.74) is 2.78. The zero-order valence-electron chi connectivity index (χ0n) is 9.06. The van der Waals surface area contributed by atoms with Crippen LogP contribution in [0.4, 0.5) is 0 Å². The molecule has 16 heavy (non-hydrogen) atoms. The second-order valence-electron chi connectivity index (χ2n) is 3.26. The van der Waals surface area contributed by atoms with E-state index in [-0.39, 0.29) is 0 Å². The van der Waals surface area contributed by atoms with Gasteiger partial charge in [0.05, 0.1) is 29.2 Å². The predicted octanol–water partition coefficient (Wildman–Crippen LogP) is 2.02. The SMILES string of the molecule is COCCn1c(-c2scnc2C)n[nH]c1=S. The van der Waals surface area contributed by atoms with Crippen LogP contribution >= 0.6 is 23.6 Å². The van der Waals surface area contributed by atoms with E-state index in [1.54, 1.807) is 18.4 Å². The standard InChI is InChI=1S/C9H12N4OS2/c1-6-7(16-5-10-6)8-11-12-9(15)13(8)3-4-14-2/h5H,3-4H2,1-2H3,(H,12,15). The Morgan fingerprint density at radius 3 is 3.06 bits per heavy atom. The summed E-state index contributed by atoms with van der Waals surface area (Å²) in [5, 5.41) is 7.03. The van der Waals surface area contributed by atoms with E-state index in [0.717, 1.165) is 16.4 Å². The van der Waals surface area contributed by atoms with E-state index in [2.05, 4.69) is 15.2 Å². The first-order valence-electron chi connectivity index (χ1n) is 4.78. The van der Waals surface area contributed by atoms with Gasteiger partial charge in [-0.15, -0.1) is 11.3 Å². The first-order chi connectivity index (χ1) is 7.74. The van der Waals surface area contributed by atoms with E-state index >= 15 is 0 Å². The van der Waals surface area contributed by atoms with Gasteiger partial charge in [-0.05, 0) is 19.1 Å². The first-order valence-corrected chi connectivity index (χ1v) is 6.07. The second kappa shape index (κ2) is 4.86. The lowest BCUT2D eigenvalue weighted by atomic mass is 10.4. The summed E-state index contributed by atoms with van der Waals surface area (Å²) in [6, 6.07) is 0. The monoisotopic (exact) mass is 256 g/mol. The highest BCUT2D eigenvalue weighted by Gasteiger charge is 2.12. The first kappa shape index (κ1) is 11.4. The topological polar surface area (TPSA) is 55.7 Å². The van der Waals surface area contributed by atoms with E-state index in [4.69, 9.17) is 17.0 Å². The molecule has 0 fully saturated rings. The van der Waals surface area contributed by atoms with Crippen molar-refractivity contribution in [3.63, 3.8) is 0 Å². The van der Waals surface area contributed by atoms with Crippen LogP contribution in [0.25, 0.3) is 10.7 Å². The maximum Gasteiger partial charge on any atom is 0.195 e. The molecule has 0 radical (unpaired) electrons. The number of aromatic amines is 1. The van der Waals surface area contributed by atoms with Crippen LogP contribution in [0.15, 0.2) is 5.51 Å². The van der Waals surface area contributed by atoms with Gasteiger partial charge in [0.15, 0.2) is 10.6 Å². The Balaban J connectivity index is 2.42. The van der Waals surface area contributed by atoms with Gasteiger partial charge in [0.25, 0.3) is 0 Å². The molecule has 1 N–H and O–H groups in total. The predicted molar refractivity (Wildman–Crippen MR) is 65.1 cm³/mol. The van der Waals surface area contributed by atoms with Crippen molar-refractivity contribution in [3.8, 4) is 10.7 Å². The van der Waals surface area contributed by atoms with Gasteiger partial charge < -0.3 is 4.74 Å². The minimum absolute atomic E-state index is 0.610. The van der Waals surface area contributed by atoms with Crippen molar-refractivity contribution in [1.82, 2.24) is 19.7 Å². The Bertz CT molecular complexity index is 528. The molecular formula is C9H12N4OS2. The highest BCUT2D eigenvalue weighted by Crippen LogP contribution is 2.25. The highest BCUT2D eigenvalue weighted by atomic mass is 32.1. The van der Waals surface area contributed by atoms with Crippen molar-refractivity contribution in [3.05, 3.63) is 16.0 Å². The quantitative estimate of drug-likeness (QED) is 0.850. The summed E-state index contributed by atoms with van der Waals surface area (Å²) >= 11 is 6.74. The molecule has 0 aliphatic carbocycles. The molecule has 2 heterocycles. The summed E-state index contributed by atoms with van der Waals surface area (Å²) in [5.74, 6) is 0.835. The van der Waals surface area contributed by atoms with E-state index in [1.807, 2.05) is 17.0 Å². The molecule has 0 atom stereocenters. The lowest BCUT2D eigenvalue weighted by molar-refractivity contribution is 0.187. The zero-order chi connectivity index (χ0) is 11.5. The van der Waals surface area contributed by atoms with Gasteiger partial charge in [-0.3, -0.25) is 9.67 Å². The van der Waals surface area contributed by atoms with Gasteiger partial charge in [0.2, 0.25) is 0 Å². The molecular weight excluding hydrogens is 244 g/mol.